The minimum atomic E-state index is 0.592. The number of alkyl halides is 1. The molecular formula is C21H29ClO3. The first-order valence-electron chi connectivity index (χ1n) is 9.23. The van der Waals surface area contributed by atoms with Gasteiger partial charge in [-0.2, -0.15) is 0 Å². The van der Waals surface area contributed by atoms with Gasteiger partial charge < -0.3 is 14.2 Å². The zero-order valence-corrected chi connectivity index (χ0v) is 16.1. The first kappa shape index (κ1) is 19.7. The van der Waals surface area contributed by atoms with Gasteiger partial charge in [-0.15, -0.1) is 11.6 Å². The number of rotatable bonds is 12. The third kappa shape index (κ3) is 5.71. The number of hydrogen-bond acceptors (Lipinski definition) is 3. The number of fused-ring (bicyclic) bond motifs is 1. The van der Waals surface area contributed by atoms with Gasteiger partial charge in [0.05, 0.1) is 20.3 Å². The molecule has 2 aromatic rings. The van der Waals surface area contributed by atoms with Gasteiger partial charge in [0.15, 0.2) is 11.5 Å². The molecule has 0 aliphatic carbocycles. The molecule has 2 aromatic carbocycles. The van der Waals surface area contributed by atoms with Gasteiger partial charge in [-0.3, -0.25) is 0 Å². The molecule has 0 spiro atoms. The molecule has 0 atom stereocenters. The summed E-state index contributed by atoms with van der Waals surface area (Å²) < 4.78 is 17.6. The van der Waals surface area contributed by atoms with Crippen LogP contribution in [-0.2, 0) is 0 Å². The fraction of sp³-hybridized carbons (Fsp3) is 0.524. The number of halogens is 1. The topological polar surface area (TPSA) is 27.7 Å². The molecule has 0 aromatic heterocycles. The Labute approximate surface area is 156 Å². The summed E-state index contributed by atoms with van der Waals surface area (Å²) in [6.07, 6.45) is 6.89. The van der Waals surface area contributed by atoms with Crippen LogP contribution in [0.2, 0.25) is 0 Å². The van der Waals surface area contributed by atoms with Gasteiger partial charge in [0.1, 0.15) is 5.75 Å². The summed E-state index contributed by atoms with van der Waals surface area (Å²) in [6, 6.07) is 10.1. The van der Waals surface area contributed by atoms with Crippen molar-refractivity contribution in [3.63, 3.8) is 0 Å². The van der Waals surface area contributed by atoms with E-state index in [1.54, 1.807) is 7.11 Å². The van der Waals surface area contributed by atoms with E-state index in [0.717, 1.165) is 35.1 Å². The third-order valence-electron chi connectivity index (χ3n) is 4.17. The van der Waals surface area contributed by atoms with Crippen molar-refractivity contribution in [2.24, 2.45) is 0 Å². The highest BCUT2D eigenvalue weighted by Gasteiger charge is 2.15. The maximum Gasteiger partial charge on any atom is 0.169 e. The van der Waals surface area contributed by atoms with Crippen molar-refractivity contribution in [2.45, 2.75) is 45.4 Å². The van der Waals surface area contributed by atoms with Crippen LogP contribution in [0.15, 0.2) is 30.3 Å². The molecule has 0 saturated heterocycles. The lowest BCUT2D eigenvalue weighted by molar-refractivity contribution is 0.285. The molecule has 0 aliphatic heterocycles. The van der Waals surface area contributed by atoms with Gasteiger partial charge in [0.2, 0.25) is 0 Å². The van der Waals surface area contributed by atoms with Crippen LogP contribution in [0.3, 0.4) is 0 Å². The van der Waals surface area contributed by atoms with E-state index < -0.39 is 0 Å². The molecule has 0 aliphatic rings. The molecule has 3 nitrogen and oxygen atoms in total. The van der Waals surface area contributed by atoms with Crippen LogP contribution < -0.4 is 14.2 Å². The summed E-state index contributed by atoms with van der Waals surface area (Å²) in [4.78, 5) is 0. The lowest BCUT2D eigenvalue weighted by Crippen LogP contribution is -2.03. The highest BCUT2D eigenvalue weighted by atomic mass is 35.5. The molecule has 0 bridgehead atoms. The Bertz CT molecular complexity index is 642. The van der Waals surface area contributed by atoms with E-state index in [1.807, 2.05) is 18.2 Å². The SMILES string of the molecule is CCCCCCCOc1c(OC)cc(OCCCCl)c2ccccc12. The monoisotopic (exact) mass is 364 g/mol. The standard InChI is InChI=1S/C21H29ClO3/c1-3-4-5-6-9-14-25-21-18-12-8-7-11-17(18)19(16-20(21)23-2)24-15-10-13-22/h7-8,11-12,16H,3-6,9-10,13-15H2,1-2H3. The summed E-state index contributed by atoms with van der Waals surface area (Å²) in [5.41, 5.74) is 0. The highest BCUT2D eigenvalue weighted by Crippen LogP contribution is 2.41. The molecule has 0 radical (unpaired) electrons. The first-order chi connectivity index (χ1) is 12.3. The van der Waals surface area contributed by atoms with Crippen LogP contribution in [0.5, 0.6) is 17.2 Å². The molecule has 138 valence electrons. The smallest absolute Gasteiger partial charge is 0.169 e. The average Bonchev–Trinajstić information content (AvgIpc) is 2.65. The quantitative estimate of drug-likeness (QED) is 0.331. The van der Waals surface area contributed by atoms with E-state index in [1.165, 1.54) is 25.7 Å². The second-order valence-corrected chi connectivity index (χ2v) is 6.48. The minimum absolute atomic E-state index is 0.592. The Balaban J connectivity index is 2.16. The van der Waals surface area contributed by atoms with E-state index in [-0.39, 0.29) is 0 Å². The maximum atomic E-state index is 6.10. The van der Waals surface area contributed by atoms with Crippen molar-refractivity contribution < 1.29 is 14.2 Å². The molecule has 0 amide bonds. The van der Waals surface area contributed by atoms with Gasteiger partial charge in [-0.05, 0) is 12.8 Å². The predicted molar refractivity (Wildman–Crippen MR) is 106 cm³/mol. The van der Waals surface area contributed by atoms with Crippen LogP contribution in [0, 0.1) is 0 Å². The van der Waals surface area contributed by atoms with E-state index in [4.69, 9.17) is 25.8 Å². The molecule has 25 heavy (non-hydrogen) atoms. The van der Waals surface area contributed by atoms with Crippen molar-refractivity contribution in [2.75, 3.05) is 26.2 Å². The van der Waals surface area contributed by atoms with Gasteiger partial charge >= 0.3 is 0 Å². The van der Waals surface area contributed by atoms with E-state index in [0.29, 0.717) is 24.8 Å². The maximum absolute atomic E-state index is 6.10. The molecule has 0 N–H and O–H groups in total. The Morgan fingerprint density at radius 3 is 2.28 bits per heavy atom. The van der Waals surface area contributed by atoms with Crippen molar-refractivity contribution in [3.05, 3.63) is 30.3 Å². The van der Waals surface area contributed by atoms with E-state index in [2.05, 4.69) is 19.1 Å². The van der Waals surface area contributed by atoms with Crippen molar-refractivity contribution in [1.82, 2.24) is 0 Å². The Morgan fingerprint density at radius 2 is 1.56 bits per heavy atom. The number of methoxy groups -OCH3 is 1. The fourth-order valence-electron chi connectivity index (χ4n) is 2.83. The zero-order valence-electron chi connectivity index (χ0n) is 15.4. The Hall–Kier alpha value is -1.61. The largest absolute Gasteiger partial charge is 0.493 e. The summed E-state index contributed by atoms with van der Waals surface area (Å²) >= 11 is 5.75. The van der Waals surface area contributed by atoms with Crippen LogP contribution in [0.4, 0.5) is 0 Å². The normalized spacial score (nSPS) is 10.8. The second kappa shape index (κ2) is 11.1. The highest BCUT2D eigenvalue weighted by molar-refractivity contribution is 6.17. The Kier molecular flexibility index (Phi) is 8.75. The molecule has 0 heterocycles. The first-order valence-corrected chi connectivity index (χ1v) is 9.76. The number of unbranched alkanes of at least 4 members (excludes halogenated alkanes) is 4. The average molecular weight is 365 g/mol. The lowest BCUT2D eigenvalue weighted by atomic mass is 10.1. The van der Waals surface area contributed by atoms with Crippen LogP contribution in [-0.4, -0.2) is 26.2 Å². The molecule has 0 unspecified atom stereocenters. The third-order valence-corrected chi connectivity index (χ3v) is 4.44. The molecular weight excluding hydrogens is 336 g/mol. The van der Waals surface area contributed by atoms with Gasteiger partial charge in [-0.25, -0.2) is 0 Å². The molecule has 2 rings (SSSR count). The van der Waals surface area contributed by atoms with Crippen molar-refractivity contribution in [1.29, 1.82) is 0 Å². The van der Waals surface area contributed by atoms with Crippen LogP contribution >= 0.6 is 11.6 Å². The fourth-order valence-corrected chi connectivity index (χ4v) is 2.94. The Morgan fingerprint density at radius 1 is 0.840 bits per heavy atom. The van der Waals surface area contributed by atoms with Gasteiger partial charge in [0, 0.05) is 22.7 Å². The second-order valence-electron chi connectivity index (χ2n) is 6.11. The van der Waals surface area contributed by atoms with Gasteiger partial charge in [-0.1, -0.05) is 56.9 Å². The van der Waals surface area contributed by atoms with Crippen LogP contribution in [0.25, 0.3) is 10.8 Å². The van der Waals surface area contributed by atoms with E-state index >= 15 is 0 Å². The zero-order chi connectivity index (χ0) is 17.9. The molecule has 0 saturated carbocycles. The summed E-state index contributed by atoms with van der Waals surface area (Å²) in [6.45, 7) is 3.52. The molecule has 4 heteroatoms. The number of ether oxygens (including phenoxy) is 3. The molecule has 0 fully saturated rings. The van der Waals surface area contributed by atoms with Crippen molar-refractivity contribution >= 4 is 22.4 Å². The predicted octanol–water partition coefficient (Wildman–Crippen LogP) is 6.21. The van der Waals surface area contributed by atoms with Crippen molar-refractivity contribution in [3.8, 4) is 17.2 Å². The van der Waals surface area contributed by atoms with E-state index in [9.17, 15) is 0 Å². The summed E-state index contributed by atoms with van der Waals surface area (Å²) in [5.74, 6) is 2.92. The lowest BCUT2D eigenvalue weighted by Gasteiger charge is -2.17. The number of benzene rings is 2. The number of hydrogen-bond donors (Lipinski definition) is 0. The summed E-state index contributed by atoms with van der Waals surface area (Å²) in [5, 5.41) is 2.06. The summed E-state index contributed by atoms with van der Waals surface area (Å²) in [7, 11) is 1.67. The van der Waals surface area contributed by atoms with Crippen LogP contribution in [0.1, 0.15) is 45.4 Å². The minimum Gasteiger partial charge on any atom is -0.493 e. The van der Waals surface area contributed by atoms with Gasteiger partial charge in [0.25, 0.3) is 0 Å².